The molecular formula is C41H64O13. The lowest BCUT2D eigenvalue weighted by Crippen LogP contribution is -2.66. The van der Waals surface area contributed by atoms with Gasteiger partial charge in [-0.25, -0.2) is 4.79 Å². The highest BCUT2D eigenvalue weighted by molar-refractivity contribution is 5.76. The largest absolute Gasteiger partial charge is 0.481 e. The fraction of sp³-hybridized carbons (Fsp3) is 0.902. The van der Waals surface area contributed by atoms with E-state index in [1.807, 2.05) is 0 Å². The van der Waals surface area contributed by atoms with Crippen molar-refractivity contribution in [3.8, 4) is 0 Å². The highest BCUT2D eigenvalue weighted by atomic mass is 16.7. The Labute approximate surface area is 318 Å². The van der Waals surface area contributed by atoms with Gasteiger partial charge in [0.25, 0.3) is 0 Å². The average molecular weight is 765 g/mol. The van der Waals surface area contributed by atoms with Crippen molar-refractivity contribution < 1.29 is 64.3 Å². The minimum atomic E-state index is -1.86. The van der Waals surface area contributed by atoms with Gasteiger partial charge in [0.2, 0.25) is 0 Å². The van der Waals surface area contributed by atoms with Crippen LogP contribution in [0.2, 0.25) is 0 Å². The van der Waals surface area contributed by atoms with Crippen LogP contribution in [0.5, 0.6) is 0 Å². The molecule has 6 fully saturated rings. The fourth-order valence-electron chi connectivity index (χ4n) is 13.4. The van der Waals surface area contributed by atoms with Gasteiger partial charge < -0.3 is 54.7 Å². The van der Waals surface area contributed by atoms with Gasteiger partial charge in [0.1, 0.15) is 36.6 Å². The van der Waals surface area contributed by atoms with Crippen LogP contribution in [0, 0.1) is 50.2 Å². The standard InChI is InChI=1S/C41H64O13/c1-36(2)14-16-41(35(49)50)17-15-39(6)20(21(41)18-36)8-9-24-38(5)12-11-25(37(3,4)23(38)10-13-40(24,39)7)52-34-29(46)30(28(45)31(54-34)32(47)48)53-33-27(44)26(43)22(42)19-51-33/h8,21-31,33-34,42-46H,9-19H2,1-7H3,(H,47,48)(H,49,50)/t21-,22+,23-,24+,25-,26-,27+,28-,29+,30-,31-,33-,34+,38-,39+,40+,41-/m0/s1. The molecular weight excluding hydrogens is 700 g/mol. The van der Waals surface area contributed by atoms with Gasteiger partial charge in [0, 0.05) is 0 Å². The smallest absolute Gasteiger partial charge is 0.335 e. The number of ether oxygens (including phenoxy) is 4. The summed E-state index contributed by atoms with van der Waals surface area (Å²) < 4.78 is 23.3. The van der Waals surface area contributed by atoms with Crippen LogP contribution in [0.15, 0.2) is 11.6 Å². The molecule has 0 spiro atoms. The molecule has 2 heterocycles. The van der Waals surface area contributed by atoms with Crippen LogP contribution in [0.4, 0.5) is 0 Å². The molecule has 17 atom stereocenters. The summed E-state index contributed by atoms with van der Waals surface area (Å²) in [4.78, 5) is 25.3. The number of hydrogen-bond donors (Lipinski definition) is 7. The minimum Gasteiger partial charge on any atom is -0.481 e. The molecule has 0 aromatic carbocycles. The number of rotatable bonds is 6. The second-order valence-electron chi connectivity index (χ2n) is 20.3. The van der Waals surface area contributed by atoms with E-state index in [1.165, 1.54) is 5.57 Å². The van der Waals surface area contributed by atoms with Crippen LogP contribution >= 0.6 is 0 Å². The zero-order valence-corrected chi connectivity index (χ0v) is 32.9. The highest BCUT2D eigenvalue weighted by Crippen LogP contribution is 2.76. The summed E-state index contributed by atoms with van der Waals surface area (Å²) >= 11 is 0. The first kappa shape index (κ1) is 40.5. The second kappa shape index (κ2) is 13.4. The SMILES string of the molecule is CC1(C)CC[C@]2(C(=O)O)CC[C@]3(C)C(=CC[C@@H]4[C@@]5(C)CC[C@H](O[C@@H]6O[C@H](C(=O)O)[C@@H](O)[C@H](O[C@@H]7OC[C@@H](O)[C@H](O)[C@H]7O)[C@H]6O)C(C)(C)[C@@H]5CC[C@]43C)[C@@H]2C1. The van der Waals surface area contributed by atoms with E-state index in [1.54, 1.807) is 0 Å². The maximum Gasteiger partial charge on any atom is 0.335 e. The number of carboxylic acid groups (broad SMARTS) is 2. The van der Waals surface area contributed by atoms with E-state index in [9.17, 15) is 45.3 Å². The molecule has 306 valence electrons. The van der Waals surface area contributed by atoms with Crippen LogP contribution in [0.3, 0.4) is 0 Å². The number of aliphatic carboxylic acids is 2. The van der Waals surface area contributed by atoms with E-state index < -0.39 is 84.2 Å². The predicted molar refractivity (Wildman–Crippen MR) is 192 cm³/mol. The van der Waals surface area contributed by atoms with Crippen molar-refractivity contribution in [1.82, 2.24) is 0 Å². The molecule has 0 unspecified atom stereocenters. The van der Waals surface area contributed by atoms with Crippen LogP contribution in [-0.2, 0) is 28.5 Å². The molecule has 0 bridgehead atoms. The van der Waals surface area contributed by atoms with E-state index in [4.69, 9.17) is 18.9 Å². The zero-order chi connectivity index (χ0) is 39.6. The second-order valence-corrected chi connectivity index (χ2v) is 20.3. The summed E-state index contributed by atoms with van der Waals surface area (Å²) in [5, 5.41) is 73.6. The van der Waals surface area contributed by atoms with Crippen molar-refractivity contribution in [3.63, 3.8) is 0 Å². The van der Waals surface area contributed by atoms with Gasteiger partial charge in [-0.3, -0.25) is 4.79 Å². The maximum atomic E-state index is 13.0. The van der Waals surface area contributed by atoms with Crippen molar-refractivity contribution in [2.45, 2.75) is 174 Å². The molecule has 2 aliphatic heterocycles. The van der Waals surface area contributed by atoms with Gasteiger partial charge in [-0.2, -0.15) is 0 Å². The maximum absolute atomic E-state index is 13.0. The Kier molecular flexibility index (Phi) is 10.1. The molecule has 0 aromatic heterocycles. The lowest BCUT2D eigenvalue weighted by Gasteiger charge is -2.71. The zero-order valence-electron chi connectivity index (χ0n) is 32.9. The summed E-state index contributed by atoms with van der Waals surface area (Å²) in [6.07, 6.45) is -4.35. The summed E-state index contributed by atoms with van der Waals surface area (Å²) in [5.74, 6) is -1.53. The third kappa shape index (κ3) is 5.88. The van der Waals surface area contributed by atoms with Crippen LogP contribution < -0.4 is 0 Å². The van der Waals surface area contributed by atoms with Crippen molar-refractivity contribution in [1.29, 1.82) is 0 Å². The fourth-order valence-corrected chi connectivity index (χ4v) is 13.4. The minimum absolute atomic E-state index is 0.0359. The summed E-state index contributed by atoms with van der Waals surface area (Å²) in [6.45, 7) is 15.9. The first-order valence-corrected chi connectivity index (χ1v) is 20.2. The van der Waals surface area contributed by atoms with Crippen LogP contribution in [0.1, 0.15) is 113 Å². The summed E-state index contributed by atoms with van der Waals surface area (Å²) in [7, 11) is 0. The van der Waals surface area contributed by atoms with Crippen molar-refractivity contribution in [2.24, 2.45) is 50.2 Å². The van der Waals surface area contributed by atoms with Gasteiger partial charge >= 0.3 is 11.9 Å². The molecule has 0 amide bonds. The molecule has 7 rings (SSSR count). The Morgan fingerprint density at radius 3 is 2.11 bits per heavy atom. The molecule has 0 radical (unpaired) electrons. The van der Waals surface area contributed by atoms with E-state index in [2.05, 4.69) is 54.5 Å². The normalized spacial score (nSPS) is 52.4. The number of allylic oxidation sites excluding steroid dienone is 2. The third-order valence-electron chi connectivity index (χ3n) is 16.8. The lowest BCUT2D eigenvalue weighted by molar-refractivity contribution is -0.357. The van der Waals surface area contributed by atoms with Gasteiger partial charge in [-0.15, -0.1) is 0 Å². The first-order chi connectivity index (χ1) is 25.0. The molecule has 5 aliphatic carbocycles. The van der Waals surface area contributed by atoms with Crippen molar-refractivity contribution in [3.05, 3.63) is 11.6 Å². The first-order valence-electron chi connectivity index (χ1n) is 20.2. The van der Waals surface area contributed by atoms with E-state index in [0.29, 0.717) is 18.8 Å². The number of hydrogen-bond acceptors (Lipinski definition) is 11. The third-order valence-corrected chi connectivity index (χ3v) is 16.8. The molecule has 7 N–H and O–H groups in total. The molecule has 54 heavy (non-hydrogen) atoms. The number of carboxylic acids is 2. The number of carbonyl (C=O) groups is 2. The molecule has 13 nitrogen and oxygen atoms in total. The van der Waals surface area contributed by atoms with Crippen LogP contribution in [-0.4, -0.2) is 116 Å². The number of aliphatic hydroxyl groups is 5. The monoisotopic (exact) mass is 764 g/mol. The Hall–Kier alpha value is -1.68. The summed E-state index contributed by atoms with van der Waals surface area (Å²) in [6, 6.07) is 0. The molecule has 7 aliphatic rings. The topological polar surface area (TPSA) is 213 Å². The van der Waals surface area contributed by atoms with E-state index in [-0.39, 0.29) is 40.1 Å². The molecule has 0 aromatic rings. The van der Waals surface area contributed by atoms with E-state index in [0.717, 1.165) is 51.4 Å². The number of fused-ring (bicyclic) bond motifs is 7. The van der Waals surface area contributed by atoms with Gasteiger partial charge in [-0.05, 0) is 109 Å². The quantitative estimate of drug-likeness (QED) is 0.152. The van der Waals surface area contributed by atoms with Crippen LogP contribution in [0.25, 0.3) is 0 Å². The van der Waals surface area contributed by atoms with Gasteiger partial charge in [0.15, 0.2) is 18.7 Å². The molecule has 4 saturated carbocycles. The highest BCUT2D eigenvalue weighted by Gasteiger charge is 2.69. The Bertz CT molecular complexity index is 1510. The summed E-state index contributed by atoms with van der Waals surface area (Å²) in [5.41, 5.74) is 0.110. The molecule has 13 heteroatoms. The Morgan fingerprint density at radius 1 is 0.759 bits per heavy atom. The lowest BCUT2D eigenvalue weighted by atomic mass is 9.33. The van der Waals surface area contributed by atoms with E-state index >= 15 is 0 Å². The number of aliphatic hydroxyl groups excluding tert-OH is 5. The Morgan fingerprint density at radius 2 is 1.44 bits per heavy atom. The molecule has 2 saturated heterocycles. The Balaban J connectivity index is 1.13. The van der Waals surface area contributed by atoms with Crippen molar-refractivity contribution in [2.75, 3.05) is 6.61 Å². The van der Waals surface area contributed by atoms with Gasteiger partial charge in [0.05, 0.1) is 18.1 Å². The van der Waals surface area contributed by atoms with Gasteiger partial charge in [-0.1, -0.05) is 60.1 Å². The average Bonchev–Trinajstić information content (AvgIpc) is 3.08. The van der Waals surface area contributed by atoms with Crippen molar-refractivity contribution >= 4 is 11.9 Å². The predicted octanol–water partition coefficient (Wildman–Crippen LogP) is 3.61.